The summed E-state index contributed by atoms with van der Waals surface area (Å²) in [5.74, 6) is 0.884. The van der Waals surface area contributed by atoms with Crippen molar-refractivity contribution in [1.82, 2.24) is 10.3 Å². The third-order valence-corrected chi connectivity index (χ3v) is 2.22. The van der Waals surface area contributed by atoms with Crippen molar-refractivity contribution in [3.8, 4) is 5.75 Å². The second kappa shape index (κ2) is 5.83. The van der Waals surface area contributed by atoms with Gasteiger partial charge in [-0.05, 0) is 38.1 Å². The first-order valence-electron chi connectivity index (χ1n) is 4.72. The molecule has 1 fully saturated rings. The molecule has 0 aromatic carbocycles. The molecule has 1 saturated heterocycles. The fraction of sp³-hybridized carbons (Fsp3) is 0.500. The molecule has 4 heteroatoms. The van der Waals surface area contributed by atoms with Crippen LogP contribution in [0.2, 0.25) is 0 Å². The van der Waals surface area contributed by atoms with Crippen LogP contribution < -0.4 is 10.1 Å². The Balaban J connectivity index is 0.000000980. The predicted octanol–water partition coefficient (Wildman–Crippen LogP) is 1.63. The molecule has 78 valence electrons. The third-order valence-electron chi connectivity index (χ3n) is 2.22. The number of hydrogen-bond acceptors (Lipinski definition) is 3. The fourth-order valence-corrected chi connectivity index (χ4v) is 1.52. The van der Waals surface area contributed by atoms with Gasteiger partial charge in [-0.1, -0.05) is 0 Å². The molecule has 0 atom stereocenters. The zero-order valence-electron chi connectivity index (χ0n) is 7.98. The maximum Gasteiger partial charge on any atom is 0.137 e. The van der Waals surface area contributed by atoms with Gasteiger partial charge in [-0.25, -0.2) is 0 Å². The summed E-state index contributed by atoms with van der Waals surface area (Å²) in [6.07, 6.45) is 6.08. The molecule has 0 saturated carbocycles. The first-order valence-corrected chi connectivity index (χ1v) is 4.72. The topological polar surface area (TPSA) is 34.1 Å². The summed E-state index contributed by atoms with van der Waals surface area (Å²) in [4.78, 5) is 4.01. The maximum absolute atomic E-state index is 5.75. The van der Waals surface area contributed by atoms with Crippen LogP contribution in [-0.2, 0) is 0 Å². The number of aromatic nitrogens is 1. The lowest BCUT2D eigenvalue weighted by Gasteiger charge is -2.23. The van der Waals surface area contributed by atoms with E-state index in [0.29, 0.717) is 6.10 Å². The Bertz CT molecular complexity index is 250. The van der Waals surface area contributed by atoms with E-state index in [1.165, 1.54) is 0 Å². The second-order valence-corrected chi connectivity index (χ2v) is 3.26. The van der Waals surface area contributed by atoms with E-state index in [0.717, 1.165) is 31.7 Å². The van der Waals surface area contributed by atoms with E-state index < -0.39 is 0 Å². The van der Waals surface area contributed by atoms with E-state index in [-0.39, 0.29) is 12.4 Å². The molecule has 2 heterocycles. The van der Waals surface area contributed by atoms with Crippen LogP contribution in [0.1, 0.15) is 12.8 Å². The van der Waals surface area contributed by atoms with E-state index in [2.05, 4.69) is 10.3 Å². The van der Waals surface area contributed by atoms with Crippen molar-refractivity contribution >= 4 is 12.4 Å². The molecule has 1 aromatic rings. The molecule has 0 unspecified atom stereocenters. The molecule has 0 aliphatic carbocycles. The summed E-state index contributed by atoms with van der Waals surface area (Å²) >= 11 is 0. The largest absolute Gasteiger partial charge is 0.489 e. The van der Waals surface area contributed by atoms with Crippen molar-refractivity contribution in [3.63, 3.8) is 0 Å². The van der Waals surface area contributed by atoms with Crippen LogP contribution in [0.15, 0.2) is 24.5 Å². The molecule has 2 rings (SSSR count). The van der Waals surface area contributed by atoms with E-state index in [1.54, 1.807) is 12.4 Å². The lowest BCUT2D eigenvalue weighted by atomic mass is 10.1. The Kier molecular flexibility index (Phi) is 4.70. The van der Waals surface area contributed by atoms with Gasteiger partial charge < -0.3 is 10.1 Å². The number of nitrogens with one attached hydrogen (secondary N) is 1. The number of piperidine rings is 1. The SMILES string of the molecule is Cl.c1cncc(OC2CCNCC2)c1. The van der Waals surface area contributed by atoms with Crippen LogP contribution in [0.5, 0.6) is 5.75 Å². The van der Waals surface area contributed by atoms with Gasteiger partial charge in [0.1, 0.15) is 11.9 Å². The van der Waals surface area contributed by atoms with Gasteiger partial charge in [0.25, 0.3) is 0 Å². The number of ether oxygens (including phenoxy) is 1. The molecule has 1 N–H and O–H groups in total. The number of pyridine rings is 1. The average Bonchev–Trinajstić information content (AvgIpc) is 2.21. The van der Waals surface area contributed by atoms with Crippen molar-refractivity contribution in [1.29, 1.82) is 0 Å². The van der Waals surface area contributed by atoms with Gasteiger partial charge >= 0.3 is 0 Å². The molecular formula is C10H15ClN2O. The van der Waals surface area contributed by atoms with Crippen LogP contribution >= 0.6 is 12.4 Å². The number of rotatable bonds is 2. The Morgan fingerprint density at radius 1 is 1.36 bits per heavy atom. The van der Waals surface area contributed by atoms with Crippen LogP contribution in [0.3, 0.4) is 0 Å². The van der Waals surface area contributed by atoms with E-state index in [9.17, 15) is 0 Å². The minimum atomic E-state index is 0. The summed E-state index contributed by atoms with van der Waals surface area (Å²) in [7, 11) is 0. The first-order chi connectivity index (χ1) is 6.45. The molecule has 0 amide bonds. The van der Waals surface area contributed by atoms with Gasteiger partial charge in [0.05, 0.1) is 6.20 Å². The Morgan fingerprint density at radius 2 is 2.14 bits per heavy atom. The molecule has 1 aliphatic rings. The lowest BCUT2D eigenvalue weighted by molar-refractivity contribution is 0.162. The summed E-state index contributed by atoms with van der Waals surface area (Å²) in [6.45, 7) is 2.12. The molecule has 3 nitrogen and oxygen atoms in total. The normalized spacial score (nSPS) is 17.1. The minimum Gasteiger partial charge on any atom is -0.489 e. The first kappa shape index (κ1) is 11.3. The monoisotopic (exact) mass is 214 g/mol. The van der Waals surface area contributed by atoms with Crippen molar-refractivity contribution < 1.29 is 4.74 Å². The second-order valence-electron chi connectivity index (χ2n) is 3.26. The van der Waals surface area contributed by atoms with E-state index >= 15 is 0 Å². The highest BCUT2D eigenvalue weighted by atomic mass is 35.5. The Morgan fingerprint density at radius 3 is 2.79 bits per heavy atom. The molecule has 0 radical (unpaired) electrons. The highest BCUT2D eigenvalue weighted by Crippen LogP contribution is 2.14. The summed E-state index contributed by atoms with van der Waals surface area (Å²) in [5, 5.41) is 3.30. The van der Waals surface area contributed by atoms with Crippen molar-refractivity contribution in [2.75, 3.05) is 13.1 Å². The third kappa shape index (κ3) is 3.16. The number of halogens is 1. The molecule has 14 heavy (non-hydrogen) atoms. The van der Waals surface area contributed by atoms with Gasteiger partial charge in [0.15, 0.2) is 0 Å². The average molecular weight is 215 g/mol. The van der Waals surface area contributed by atoms with Gasteiger partial charge in [0.2, 0.25) is 0 Å². The van der Waals surface area contributed by atoms with Crippen LogP contribution in [0.4, 0.5) is 0 Å². The smallest absolute Gasteiger partial charge is 0.137 e. The summed E-state index contributed by atoms with van der Waals surface area (Å²) in [6, 6.07) is 3.85. The van der Waals surface area contributed by atoms with Crippen molar-refractivity contribution in [3.05, 3.63) is 24.5 Å². The van der Waals surface area contributed by atoms with Crippen LogP contribution in [-0.4, -0.2) is 24.2 Å². The highest BCUT2D eigenvalue weighted by Gasteiger charge is 2.13. The van der Waals surface area contributed by atoms with Gasteiger partial charge in [-0.3, -0.25) is 4.98 Å². The number of nitrogens with zero attached hydrogens (tertiary/aromatic N) is 1. The minimum absolute atomic E-state index is 0. The summed E-state index contributed by atoms with van der Waals surface area (Å²) in [5.41, 5.74) is 0. The quantitative estimate of drug-likeness (QED) is 0.813. The Labute approximate surface area is 90.3 Å². The van der Waals surface area contributed by atoms with Crippen molar-refractivity contribution in [2.24, 2.45) is 0 Å². The molecule has 0 bridgehead atoms. The predicted molar refractivity (Wildman–Crippen MR) is 58.0 cm³/mol. The van der Waals surface area contributed by atoms with E-state index in [4.69, 9.17) is 4.74 Å². The van der Waals surface area contributed by atoms with Crippen LogP contribution in [0.25, 0.3) is 0 Å². The fourth-order valence-electron chi connectivity index (χ4n) is 1.52. The van der Waals surface area contributed by atoms with Gasteiger partial charge in [-0.15, -0.1) is 12.4 Å². The molecule has 1 aliphatic heterocycles. The summed E-state index contributed by atoms with van der Waals surface area (Å²) < 4.78 is 5.75. The van der Waals surface area contributed by atoms with Gasteiger partial charge in [-0.2, -0.15) is 0 Å². The Hall–Kier alpha value is -0.800. The van der Waals surface area contributed by atoms with Crippen LogP contribution in [0, 0.1) is 0 Å². The van der Waals surface area contributed by atoms with E-state index in [1.807, 2.05) is 12.1 Å². The standard InChI is InChI=1S/C10H14N2O.ClH/c1-2-10(8-12-5-1)13-9-3-6-11-7-4-9;/h1-2,5,8-9,11H,3-4,6-7H2;1H. The van der Waals surface area contributed by atoms with Gasteiger partial charge in [0, 0.05) is 6.20 Å². The maximum atomic E-state index is 5.75. The number of hydrogen-bond donors (Lipinski definition) is 1. The molecular weight excluding hydrogens is 200 g/mol. The lowest BCUT2D eigenvalue weighted by Crippen LogP contribution is -2.34. The zero-order chi connectivity index (χ0) is 8.93. The van der Waals surface area contributed by atoms with Crippen molar-refractivity contribution in [2.45, 2.75) is 18.9 Å². The highest BCUT2D eigenvalue weighted by molar-refractivity contribution is 5.85. The molecule has 1 aromatic heterocycles. The zero-order valence-corrected chi connectivity index (χ0v) is 8.80. The molecule has 0 spiro atoms.